The van der Waals surface area contributed by atoms with E-state index in [1.54, 1.807) is 18.0 Å². The molecule has 0 saturated carbocycles. The van der Waals surface area contributed by atoms with Crippen LogP contribution in [-0.2, 0) is 6.42 Å². The van der Waals surface area contributed by atoms with Crippen molar-refractivity contribution >= 4 is 17.6 Å². The van der Waals surface area contributed by atoms with E-state index in [9.17, 15) is 0 Å². The molecule has 0 amide bonds. The summed E-state index contributed by atoms with van der Waals surface area (Å²) in [6, 6.07) is 0. The molecule has 0 bridgehead atoms. The molecule has 0 aliphatic rings. The van der Waals surface area contributed by atoms with Crippen molar-refractivity contribution in [2.75, 3.05) is 11.9 Å². The molecule has 0 saturated heterocycles. The van der Waals surface area contributed by atoms with Crippen molar-refractivity contribution in [3.05, 3.63) is 23.8 Å². The topological polar surface area (TPSA) is 66.5 Å². The van der Waals surface area contributed by atoms with Gasteiger partial charge < -0.3 is 10.3 Å². The molecule has 0 aromatic carbocycles. The number of aryl methyl sites for hydroxylation is 1. The lowest BCUT2D eigenvalue weighted by molar-refractivity contribution is 0.801. The van der Waals surface area contributed by atoms with Crippen LogP contribution >= 0.6 is 11.8 Å². The molecule has 2 rings (SSSR count). The van der Waals surface area contributed by atoms with Crippen LogP contribution in [0.3, 0.4) is 0 Å². The zero-order chi connectivity index (χ0) is 13.7. The molecular formula is C13H19N5S. The molecule has 0 radical (unpaired) electrons. The number of hydrogen-bond acceptors (Lipinski definition) is 5. The standard InChI is InChI=1S/C13H19N5S/c1-4-6-10-17-11(14-5-2)9(3)12(18-10)19-13-15-7-8-16-13/h7-8H,4-6H2,1-3H3,(H,15,16)(H,14,17,18). The highest BCUT2D eigenvalue weighted by atomic mass is 32.2. The van der Waals surface area contributed by atoms with Crippen LogP contribution in [-0.4, -0.2) is 26.5 Å². The first-order valence-electron chi connectivity index (χ1n) is 6.53. The van der Waals surface area contributed by atoms with E-state index in [1.165, 1.54) is 0 Å². The first-order valence-corrected chi connectivity index (χ1v) is 7.34. The van der Waals surface area contributed by atoms with Gasteiger partial charge in [-0.2, -0.15) is 0 Å². The Morgan fingerprint density at radius 3 is 2.79 bits per heavy atom. The Morgan fingerprint density at radius 2 is 2.16 bits per heavy atom. The van der Waals surface area contributed by atoms with E-state index >= 15 is 0 Å². The molecule has 2 aromatic heterocycles. The third-order valence-corrected chi connectivity index (χ3v) is 3.64. The summed E-state index contributed by atoms with van der Waals surface area (Å²) in [6.07, 6.45) is 5.50. The van der Waals surface area contributed by atoms with Crippen LogP contribution < -0.4 is 5.32 Å². The molecule has 0 atom stereocenters. The highest BCUT2D eigenvalue weighted by molar-refractivity contribution is 7.99. The third-order valence-electron chi connectivity index (χ3n) is 2.63. The minimum Gasteiger partial charge on any atom is -0.370 e. The maximum atomic E-state index is 4.63. The Balaban J connectivity index is 2.33. The fourth-order valence-corrected chi connectivity index (χ4v) is 2.54. The molecule has 6 heteroatoms. The quantitative estimate of drug-likeness (QED) is 0.794. The number of aromatic nitrogens is 4. The van der Waals surface area contributed by atoms with Crippen LogP contribution in [0.1, 0.15) is 31.7 Å². The van der Waals surface area contributed by atoms with Gasteiger partial charge in [-0.25, -0.2) is 15.0 Å². The number of H-pyrrole nitrogens is 1. The van der Waals surface area contributed by atoms with Gasteiger partial charge in [0.25, 0.3) is 0 Å². The van der Waals surface area contributed by atoms with Gasteiger partial charge in [0.2, 0.25) is 0 Å². The number of nitrogens with one attached hydrogen (secondary N) is 2. The molecule has 2 N–H and O–H groups in total. The summed E-state index contributed by atoms with van der Waals surface area (Å²) in [7, 11) is 0. The van der Waals surface area contributed by atoms with Crippen LogP contribution in [0.2, 0.25) is 0 Å². The van der Waals surface area contributed by atoms with E-state index in [4.69, 9.17) is 0 Å². The summed E-state index contributed by atoms with van der Waals surface area (Å²) in [5.74, 6) is 1.81. The fraction of sp³-hybridized carbons (Fsp3) is 0.462. The second-order valence-electron chi connectivity index (χ2n) is 4.20. The van der Waals surface area contributed by atoms with Gasteiger partial charge >= 0.3 is 0 Å². The zero-order valence-corrected chi connectivity index (χ0v) is 12.3. The normalized spacial score (nSPS) is 10.7. The number of hydrogen-bond donors (Lipinski definition) is 2. The monoisotopic (exact) mass is 277 g/mol. The van der Waals surface area contributed by atoms with Gasteiger partial charge in [-0.1, -0.05) is 6.92 Å². The molecule has 0 aliphatic carbocycles. The second kappa shape index (κ2) is 6.56. The lowest BCUT2D eigenvalue weighted by Crippen LogP contribution is -2.07. The summed E-state index contributed by atoms with van der Waals surface area (Å²) in [5, 5.41) is 5.12. The highest BCUT2D eigenvalue weighted by Gasteiger charge is 2.12. The Hall–Kier alpha value is -1.56. The highest BCUT2D eigenvalue weighted by Crippen LogP contribution is 2.29. The lowest BCUT2D eigenvalue weighted by Gasteiger charge is -2.11. The number of aromatic amines is 1. The summed E-state index contributed by atoms with van der Waals surface area (Å²) in [5.41, 5.74) is 1.07. The molecule has 2 heterocycles. The van der Waals surface area contributed by atoms with Crippen molar-refractivity contribution in [3.8, 4) is 0 Å². The van der Waals surface area contributed by atoms with Gasteiger partial charge in [0, 0.05) is 30.9 Å². The van der Waals surface area contributed by atoms with E-state index in [-0.39, 0.29) is 0 Å². The summed E-state index contributed by atoms with van der Waals surface area (Å²) >= 11 is 1.54. The van der Waals surface area contributed by atoms with E-state index in [0.29, 0.717) is 0 Å². The Labute approximate surface area is 117 Å². The van der Waals surface area contributed by atoms with Crippen molar-refractivity contribution in [1.82, 2.24) is 19.9 Å². The summed E-state index contributed by atoms with van der Waals surface area (Å²) in [6.45, 7) is 7.10. The van der Waals surface area contributed by atoms with Gasteiger partial charge in [0.15, 0.2) is 5.16 Å². The minimum absolute atomic E-state index is 0.853. The van der Waals surface area contributed by atoms with Crippen molar-refractivity contribution in [3.63, 3.8) is 0 Å². The predicted octanol–water partition coefficient (Wildman–Crippen LogP) is 3.04. The van der Waals surface area contributed by atoms with Crippen molar-refractivity contribution < 1.29 is 0 Å². The van der Waals surface area contributed by atoms with E-state index in [1.807, 2.05) is 13.1 Å². The van der Waals surface area contributed by atoms with Crippen LogP contribution in [0.15, 0.2) is 22.6 Å². The van der Waals surface area contributed by atoms with Crippen LogP contribution in [0.4, 0.5) is 5.82 Å². The van der Waals surface area contributed by atoms with E-state index in [0.717, 1.165) is 46.8 Å². The molecular weight excluding hydrogens is 258 g/mol. The number of anilines is 1. The minimum atomic E-state index is 0.853. The largest absolute Gasteiger partial charge is 0.370 e. The Kier molecular flexibility index (Phi) is 4.79. The second-order valence-corrected chi connectivity index (χ2v) is 5.17. The summed E-state index contributed by atoms with van der Waals surface area (Å²) in [4.78, 5) is 16.5. The molecule has 0 aliphatic heterocycles. The summed E-state index contributed by atoms with van der Waals surface area (Å²) < 4.78 is 0. The van der Waals surface area contributed by atoms with Gasteiger partial charge in [-0.15, -0.1) is 0 Å². The van der Waals surface area contributed by atoms with Crippen molar-refractivity contribution in [2.45, 2.75) is 43.8 Å². The number of imidazole rings is 1. The maximum absolute atomic E-state index is 4.63. The fourth-order valence-electron chi connectivity index (χ4n) is 1.71. The molecule has 102 valence electrons. The number of rotatable bonds is 6. The van der Waals surface area contributed by atoms with Crippen LogP contribution in [0.5, 0.6) is 0 Å². The van der Waals surface area contributed by atoms with Crippen molar-refractivity contribution in [1.29, 1.82) is 0 Å². The molecule has 2 aromatic rings. The predicted molar refractivity (Wildman–Crippen MR) is 77.6 cm³/mol. The molecule has 19 heavy (non-hydrogen) atoms. The molecule has 5 nitrogen and oxygen atoms in total. The van der Waals surface area contributed by atoms with E-state index in [2.05, 4.69) is 39.1 Å². The Bertz CT molecular complexity index is 524. The Morgan fingerprint density at radius 1 is 1.32 bits per heavy atom. The lowest BCUT2D eigenvalue weighted by atomic mass is 10.3. The molecule has 0 unspecified atom stereocenters. The van der Waals surface area contributed by atoms with Crippen LogP contribution in [0.25, 0.3) is 0 Å². The number of nitrogens with zero attached hydrogens (tertiary/aromatic N) is 3. The van der Waals surface area contributed by atoms with Gasteiger partial charge in [-0.05, 0) is 32.0 Å². The maximum Gasteiger partial charge on any atom is 0.171 e. The zero-order valence-electron chi connectivity index (χ0n) is 11.5. The van der Waals surface area contributed by atoms with E-state index < -0.39 is 0 Å². The first kappa shape index (κ1) is 13.9. The van der Waals surface area contributed by atoms with Gasteiger partial charge in [0.05, 0.1) is 0 Å². The molecule has 0 spiro atoms. The third kappa shape index (κ3) is 3.47. The van der Waals surface area contributed by atoms with Gasteiger partial charge in [-0.3, -0.25) is 0 Å². The van der Waals surface area contributed by atoms with Crippen molar-refractivity contribution in [2.24, 2.45) is 0 Å². The van der Waals surface area contributed by atoms with Crippen LogP contribution in [0, 0.1) is 6.92 Å². The smallest absolute Gasteiger partial charge is 0.171 e. The SMILES string of the molecule is CCCc1nc(NCC)c(C)c(Sc2ncc[nH]2)n1. The van der Waals surface area contributed by atoms with Gasteiger partial charge in [0.1, 0.15) is 16.7 Å². The average molecular weight is 277 g/mol. The average Bonchev–Trinajstić information content (AvgIpc) is 2.88. The molecule has 0 fully saturated rings. The first-order chi connectivity index (χ1) is 9.24.